The van der Waals surface area contributed by atoms with Crippen LogP contribution in [-0.4, -0.2) is 26.1 Å². The zero-order valence-corrected chi connectivity index (χ0v) is 14.4. The Morgan fingerprint density at radius 1 is 1.04 bits per heavy atom. The molecule has 0 radical (unpaired) electrons. The maximum absolute atomic E-state index is 4.82. The van der Waals surface area contributed by atoms with Crippen molar-refractivity contribution in [1.82, 2.24) is 19.6 Å². The Kier molecular flexibility index (Phi) is 3.06. The zero-order chi connectivity index (χ0) is 16.1. The van der Waals surface area contributed by atoms with E-state index in [0.29, 0.717) is 5.78 Å². The van der Waals surface area contributed by atoms with E-state index in [1.807, 2.05) is 10.5 Å². The predicted molar refractivity (Wildman–Crippen MR) is 97.8 cm³/mol. The number of benzene rings is 2. The van der Waals surface area contributed by atoms with Gasteiger partial charge >= 0.3 is 0 Å². The van der Waals surface area contributed by atoms with E-state index < -0.39 is 0 Å². The minimum Gasteiger partial charge on any atom is -0.325 e. The smallest absolute Gasteiger partial charge is 0.257 e. The molecular formula is C18H14BrN5. The van der Waals surface area contributed by atoms with Gasteiger partial charge in [0.15, 0.2) is 0 Å². The molecule has 5 rings (SSSR count). The van der Waals surface area contributed by atoms with Gasteiger partial charge in [0.1, 0.15) is 12.1 Å². The van der Waals surface area contributed by atoms with E-state index in [1.54, 1.807) is 6.33 Å². The van der Waals surface area contributed by atoms with Crippen molar-refractivity contribution in [1.29, 1.82) is 0 Å². The standard InChI is InChI=1S/C18H14BrN5/c19-14-7-3-9-15-12(14)6-4-10-23(15)17-13-5-1-2-8-16(13)24-11-20-22-18(24)21-17/h1-3,5,7-9,11H,4,6,10H2. The molecule has 2 aromatic carbocycles. The molecule has 24 heavy (non-hydrogen) atoms. The summed E-state index contributed by atoms with van der Waals surface area (Å²) < 4.78 is 3.10. The molecule has 1 aliphatic rings. The van der Waals surface area contributed by atoms with Crippen molar-refractivity contribution in [3.8, 4) is 0 Å². The van der Waals surface area contributed by atoms with Crippen LogP contribution in [0.1, 0.15) is 12.0 Å². The average molecular weight is 380 g/mol. The van der Waals surface area contributed by atoms with Gasteiger partial charge in [-0.2, -0.15) is 4.98 Å². The summed E-state index contributed by atoms with van der Waals surface area (Å²) in [4.78, 5) is 7.12. The SMILES string of the molecule is Brc1cccc2c1CCCN2c1nc2nncn2c2ccccc12. The van der Waals surface area contributed by atoms with Crippen molar-refractivity contribution in [2.45, 2.75) is 12.8 Å². The highest BCUT2D eigenvalue weighted by atomic mass is 79.9. The quantitative estimate of drug-likeness (QED) is 0.498. The topological polar surface area (TPSA) is 46.3 Å². The molecule has 0 aliphatic carbocycles. The summed E-state index contributed by atoms with van der Waals surface area (Å²) in [5.41, 5.74) is 3.64. The monoisotopic (exact) mass is 379 g/mol. The maximum atomic E-state index is 4.82. The molecule has 3 heterocycles. The number of hydrogen-bond acceptors (Lipinski definition) is 4. The lowest BCUT2D eigenvalue weighted by Crippen LogP contribution is -2.26. The number of nitrogens with zero attached hydrogens (tertiary/aromatic N) is 5. The maximum Gasteiger partial charge on any atom is 0.257 e. The van der Waals surface area contributed by atoms with E-state index in [-0.39, 0.29) is 0 Å². The van der Waals surface area contributed by atoms with Crippen LogP contribution in [0.25, 0.3) is 16.7 Å². The highest BCUT2D eigenvalue weighted by Gasteiger charge is 2.23. The lowest BCUT2D eigenvalue weighted by Gasteiger charge is -2.31. The molecule has 0 unspecified atom stereocenters. The van der Waals surface area contributed by atoms with Crippen LogP contribution in [0.3, 0.4) is 0 Å². The Morgan fingerprint density at radius 3 is 2.92 bits per heavy atom. The first-order valence-corrected chi connectivity index (χ1v) is 8.75. The number of para-hydroxylation sites is 1. The molecule has 2 aromatic heterocycles. The van der Waals surface area contributed by atoms with E-state index in [2.05, 4.69) is 67.4 Å². The van der Waals surface area contributed by atoms with Crippen LogP contribution in [0.4, 0.5) is 11.5 Å². The predicted octanol–water partition coefficient (Wildman–Crippen LogP) is 4.12. The molecule has 1 aliphatic heterocycles. The summed E-state index contributed by atoms with van der Waals surface area (Å²) in [6.45, 7) is 0.949. The zero-order valence-electron chi connectivity index (χ0n) is 12.9. The second-order valence-corrected chi connectivity index (χ2v) is 6.80. The molecule has 6 heteroatoms. The Labute approximate surface area is 147 Å². The summed E-state index contributed by atoms with van der Waals surface area (Å²) in [5, 5.41) is 9.29. The van der Waals surface area contributed by atoms with Gasteiger partial charge in [0.05, 0.1) is 5.52 Å². The molecule has 5 nitrogen and oxygen atoms in total. The lowest BCUT2D eigenvalue weighted by atomic mass is 10.0. The first-order valence-electron chi connectivity index (χ1n) is 7.96. The van der Waals surface area contributed by atoms with Crippen LogP contribution in [0.2, 0.25) is 0 Å². The molecule has 4 aromatic rings. The number of halogens is 1. The van der Waals surface area contributed by atoms with Crippen molar-refractivity contribution in [3.63, 3.8) is 0 Å². The molecule has 0 spiro atoms. The minimum absolute atomic E-state index is 0.630. The fourth-order valence-corrected chi connectivity index (χ4v) is 4.06. The van der Waals surface area contributed by atoms with Crippen molar-refractivity contribution < 1.29 is 0 Å². The van der Waals surface area contributed by atoms with Gasteiger partial charge in [0.2, 0.25) is 0 Å². The van der Waals surface area contributed by atoms with Crippen LogP contribution < -0.4 is 4.90 Å². The van der Waals surface area contributed by atoms with E-state index in [1.165, 1.54) is 11.3 Å². The van der Waals surface area contributed by atoms with Crippen LogP contribution in [0, 0.1) is 0 Å². The Hall–Kier alpha value is -2.47. The molecular weight excluding hydrogens is 366 g/mol. The number of rotatable bonds is 1. The van der Waals surface area contributed by atoms with E-state index in [0.717, 1.165) is 40.6 Å². The third-order valence-electron chi connectivity index (χ3n) is 4.59. The minimum atomic E-state index is 0.630. The molecule has 0 bridgehead atoms. The third kappa shape index (κ3) is 1.96. The van der Waals surface area contributed by atoms with E-state index in [4.69, 9.17) is 4.98 Å². The highest BCUT2D eigenvalue weighted by molar-refractivity contribution is 9.10. The number of aromatic nitrogens is 4. The molecule has 0 fully saturated rings. The Morgan fingerprint density at radius 2 is 1.96 bits per heavy atom. The fraction of sp³-hybridized carbons (Fsp3) is 0.167. The summed E-state index contributed by atoms with van der Waals surface area (Å²) in [7, 11) is 0. The molecule has 0 atom stereocenters. The van der Waals surface area contributed by atoms with Crippen LogP contribution >= 0.6 is 15.9 Å². The van der Waals surface area contributed by atoms with Crippen molar-refractivity contribution >= 4 is 44.1 Å². The number of hydrogen-bond donors (Lipinski definition) is 0. The molecule has 0 saturated carbocycles. The summed E-state index contributed by atoms with van der Waals surface area (Å²) in [5.74, 6) is 1.58. The van der Waals surface area contributed by atoms with Crippen LogP contribution in [0.5, 0.6) is 0 Å². The Balaban J connectivity index is 1.82. The first-order chi connectivity index (χ1) is 11.8. The highest BCUT2D eigenvalue weighted by Crippen LogP contribution is 2.38. The van der Waals surface area contributed by atoms with Crippen LogP contribution in [-0.2, 0) is 6.42 Å². The first kappa shape index (κ1) is 13.9. The number of anilines is 2. The van der Waals surface area contributed by atoms with Crippen molar-refractivity contribution in [3.05, 3.63) is 58.8 Å². The van der Waals surface area contributed by atoms with Gasteiger partial charge in [0, 0.05) is 22.1 Å². The van der Waals surface area contributed by atoms with Gasteiger partial charge in [0.25, 0.3) is 5.78 Å². The fourth-order valence-electron chi connectivity index (χ4n) is 3.51. The van der Waals surface area contributed by atoms with Gasteiger partial charge < -0.3 is 4.90 Å². The summed E-state index contributed by atoms with van der Waals surface area (Å²) in [6, 6.07) is 14.6. The van der Waals surface area contributed by atoms with Crippen molar-refractivity contribution in [2.75, 3.05) is 11.4 Å². The number of fused-ring (bicyclic) bond motifs is 4. The normalized spacial score (nSPS) is 14.3. The van der Waals surface area contributed by atoms with Gasteiger partial charge in [-0.25, -0.2) is 0 Å². The second-order valence-electron chi connectivity index (χ2n) is 5.95. The third-order valence-corrected chi connectivity index (χ3v) is 5.33. The average Bonchev–Trinajstić information content (AvgIpc) is 3.10. The molecule has 0 amide bonds. The summed E-state index contributed by atoms with van der Waals surface area (Å²) in [6.07, 6.45) is 3.90. The summed E-state index contributed by atoms with van der Waals surface area (Å²) >= 11 is 3.69. The van der Waals surface area contributed by atoms with Gasteiger partial charge in [-0.3, -0.25) is 4.40 Å². The molecule has 0 N–H and O–H groups in total. The van der Waals surface area contributed by atoms with Gasteiger partial charge in [-0.05, 0) is 42.7 Å². The van der Waals surface area contributed by atoms with Gasteiger partial charge in [-0.15, -0.1) is 10.2 Å². The lowest BCUT2D eigenvalue weighted by molar-refractivity contribution is 0.759. The van der Waals surface area contributed by atoms with E-state index >= 15 is 0 Å². The second kappa shape index (κ2) is 5.27. The van der Waals surface area contributed by atoms with Gasteiger partial charge in [-0.1, -0.05) is 34.1 Å². The van der Waals surface area contributed by atoms with Crippen LogP contribution in [0.15, 0.2) is 53.3 Å². The van der Waals surface area contributed by atoms with Crippen molar-refractivity contribution in [2.24, 2.45) is 0 Å². The molecule has 0 saturated heterocycles. The largest absolute Gasteiger partial charge is 0.325 e. The molecule has 118 valence electrons. The Bertz CT molecular complexity index is 1070. The van der Waals surface area contributed by atoms with E-state index in [9.17, 15) is 0 Å².